The minimum Gasteiger partial charge on any atom is -0.374 e. The summed E-state index contributed by atoms with van der Waals surface area (Å²) in [5.74, 6) is 0.679. The van der Waals surface area contributed by atoms with Crippen LogP contribution in [0.1, 0.15) is 40.2 Å². The molecule has 0 heterocycles. The highest BCUT2D eigenvalue weighted by molar-refractivity contribution is 5.53. The van der Waals surface area contributed by atoms with Crippen molar-refractivity contribution in [1.29, 1.82) is 0 Å². The van der Waals surface area contributed by atoms with Crippen LogP contribution in [0.4, 0.5) is 5.69 Å². The predicted molar refractivity (Wildman–Crippen MR) is 81.1 cm³/mol. The molecule has 102 valence electrons. The van der Waals surface area contributed by atoms with Gasteiger partial charge in [-0.2, -0.15) is 0 Å². The fourth-order valence-electron chi connectivity index (χ4n) is 2.04. The van der Waals surface area contributed by atoms with Gasteiger partial charge in [-0.25, -0.2) is 0 Å². The third-order valence-electron chi connectivity index (χ3n) is 2.85. The molecule has 0 atom stereocenters. The zero-order valence-electron chi connectivity index (χ0n) is 12.7. The standard InChI is InChI=1S/C16H28N2/c1-13(2)12-18(6)15-10-8-7-9-14(15)11-17-16(3,4)5/h7-10,13,17H,11-12H2,1-6H3. The van der Waals surface area contributed by atoms with Gasteiger partial charge in [0.1, 0.15) is 0 Å². The van der Waals surface area contributed by atoms with E-state index in [0.717, 1.165) is 13.1 Å². The van der Waals surface area contributed by atoms with Gasteiger partial charge in [-0.05, 0) is 38.3 Å². The Hall–Kier alpha value is -1.02. The molecule has 0 radical (unpaired) electrons. The number of benzene rings is 1. The van der Waals surface area contributed by atoms with Crippen molar-refractivity contribution in [2.45, 2.75) is 46.7 Å². The molecular formula is C16H28N2. The molecule has 0 aliphatic heterocycles. The summed E-state index contributed by atoms with van der Waals surface area (Å²) in [7, 11) is 2.18. The van der Waals surface area contributed by atoms with Gasteiger partial charge in [0.25, 0.3) is 0 Å². The van der Waals surface area contributed by atoms with Crippen molar-refractivity contribution in [3.05, 3.63) is 29.8 Å². The third-order valence-corrected chi connectivity index (χ3v) is 2.85. The Kier molecular flexibility index (Phi) is 5.21. The number of nitrogens with one attached hydrogen (secondary N) is 1. The first kappa shape index (κ1) is 15.0. The van der Waals surface area contributed by atoms with E-state index in [1.54, 1.807) is 0 Å². The number of rotatable bonds is 5. The van der Waals surface area contributed by atoms with Crippen molar-refractivity contribution in [2.75, 3.05) is 18.5 Å². The molecule has 0 spiro atoms. The number of nitrogens with zero attached hydrogens (tertiary/aromatic N) is 1. The Bertz CT molecular complexity index is 364. The normalized spacial score (nSPS) is 11.9. The average Bonchev–Trinajstić information content (AvgIpc) is 2.25. The van der Waals surface area contributed by atoms with Crippen LogP contribution in [0.15, 0.2) is 24.3 Å². The van der Waals surface area contributed by atoms with E-state index in [4.69, 9.17) is 0 Å². The molecule has 1 aromatic rings. The van der Waals surface area contributed by atoms with Crippen LogP contribution in [-0.2, 0) is 6.54 Å². The minimum atomic E-state index is 0.156. The molecule has 0 amide bonds. The summed E-state index contributed by atoms with van der Waals surface area (Å²) < 4.78 is 0. The number of hydrogen-bond donors (Lipinski definition) is 1. The molecule has 0 aliphatic carbocycles. The van der Waals surface area contributed by atoms with Gasteiger partial charge in [0.05, 0.1) is 0 Å². The molecule has 0 unspecified atom stereocenters. The number of para-hydroxylation sites is 1. The molecule has 0 aliphatic rings. The second-order valence-corrected chi connectivity index (χ2v) is 6.51. The van der Waals surface area contributed by atoms with Crippen molar-refractivity contribution >= 4 is 5.69 Å². The van der Waals surface area contributed by atoms with E-state index in [1.165, 1.54) is 11.3 Å². The van der Waals surface area contributed by atoms with Gasteiger partial charge >= 0.3 is 0 Å². The van der Waals surface area contributed by atoms with E-state index in [0.29, 0.717) is 5.92 Å². The monoisotopic (exact) mass is 248 g/mol. The molecule has 0 saturated carbocycles. The first-order chi connectivity index (χ1) is 8.29. The second-order valence-electron chi connectivity index (χ2n) is 6.51. The first-order valence-corrected chi connectivity index (χ1v) is 6.83. The second kappa shape index (κ2) is 6.24. The summed E-state index contributed by atoms with van der Waals surface area (Å²) in [6.07, 6.45) is 0. The molecule has 1 N–H and O–H groups in total. The van der Waals surface area contributed by atoms with Crippen LogP contribution >= 0.6 is 0 Å². The van der Waals surface area contributed by atoms with Crippen molar-refractivity contribution in [3.63, 3.8) is 0 Å². The molecule has 2 heteroatoms. The van der Waals surface area contributed by atoms with E-state index in [2.05, 4.69) is 76.1 Å². The third kappa shape index (κ3) is 5.09. The van der Waals surface area contributed by atoms with Gasteiger partial charge in [0.15, 0.2) is 0 Å². The van der Waals surface area contributed by atoms with Crippen molar-refractivity contribution in [2.24, 2.45) is 5.92 Å². The average molecular weight is 248 g/mol. The smallest absolute Gasteiger partial charge is 0.0409 e. The lowest BCUT2D eigenvalue weighted by atomic mass is 10.1. The molecule has 2 nitrogen and oxygen atoms in total. The Labute approximate surface area is 112 Å². The summed E-state index contributed by atoms with van der Waals surface area (Å²) in [4.78, 5) is 2.35. The van der Waals surface area contributed by atoms with E-state index in [9.17, 15) is 0 Å². The molecule has 0 bridgehead atoms. The summed E-state index contributed by atoms with van der Waals surface area (Å²) >= 11 is 0. The van der Waals surface area contributed by atoms with Gasteiger partial charge in [-0.1, -0.05) is 32.0 Å². The maximum atomic E-state index is 3.56. The van der Waals surface area contributed by atoms with Crippen LogP contribution in [0.25, 0.3) is 0 Å². The number of anilines is 1. The summed E-state index contributed by atoms with van der Waals surface area (Å²) in [6, 6.07) is 8.66. The Morgan fingerprint density at radius 1 is 1.17 bits per heavy atom. The van der Waals surface area contributed by atoms with Gasteiger partial charge < -0.3 is 10.2 Å². The fourth-order valence-corrected chi connectivity index (χ4v) is 2.04. The molecule has 0 fully saturated rings. The summed E-state index contributed by atoms with van der Waals surface area (Å²) in [6.45, 7) is 13.1. The van der Waals surface area contributed by atoms with E-state index in [1.807, 2.05) is 0 Å². The highest BCUT2D eigenvalue weighted by atomic mass is 15.1. The maximum absolute atomic E-state index is 3.56. The van der Waals surface area contributed by atoms with Crippen LogP contribution in [0, 0.1) is 5.92 Å². The lowest BCUT2D eigenvalue weighted by molar-refractivity contribution is 0.424. The Morgan fingerprint density at radius 3 is 2.33 bits per heavy atom. The van der Waals surface area contributed by atoms with Crippen molar-refractivity contribution in [1.82, 2.24) is 5.32 Å². The minimum absolute atomic E-state index is 0.156. The van der Waals surface area contributed by atoms with E-state index >= 15 is 0 Å². The Balaban J connectivity index is 2.79. The zero-order chi connectivity index (χ0) is 13.8. The molecule has 0 saturated heterocycles. The van der Waals surface area contributed by atoms with Crippen LogP contribution in [0.5, 0.6) is 0 Å². The van der Waals surface area contributed by atoms with Crippen LogP contribution in [0.3, 0.4) is 0 Å². The number of hydrogen-bond acceptors (Lipinski definition) is 2. The SMILES string of the molecule is CC(C)CN(C)c1ccccc1CNC(C)(C)C. The van der Waals surface area contributed by atoms with Gasteiger partial charge in [-0.15, -0.1) is 0 Å². The first-order valence-electron chi connectivity index (χ1n) is 6.83. The van der Waals surface area contributed by atoms with Gasteiger partial charge in [0, 0.05) is 31.4 Å². The predicted octanol–water partition coefficient (Wildman–Crippen LogP) is 3.67. The fraction of sp³-hybridized carbons (Fsp3) is 0.625. The molecular weight excluding hydrogens is 220 g/mol. The van der Waals surface area contributed by atoms with Crippen LogP contribution < -0.4 is 10.2 Å². The molecule has 1 aromatic carbocycles. The maximum Gasteiger partial charge on any atom is 0.0409 e. The Morgan fingerprint density at radius 2 is 1.78 bits per heavy atom. The quantitative estimate of drug-likeness (QED) is 0.855. The summed E-state index contributed by atoms with van der Waals surface area (Å²) in [5, 5.41) is 3.56. The van der Waals surface area contributed by atoms with Crippen molar-refractivity contribution < 1.29 is 0 Å². The summed E-state index contributed by atoms with van der Waals surface area (Å²) in [5.41, 5.74) is 2.86. The highest BCUT2D eigenvalue weighted by Crippen LogP contribution is 2.20. The van der Waals surface area contributed by atoms with Crippen LogP contribution in [0.2, 0.25) is 0 Å². The highest BCUT2D eigenvalue weighted by Gasteiger charge is 2.12. The lowest BCUT2D eigenvalue weighted by Crippen LogP contribution is -2.35. The van der Waals surface area contributed by atoms with Crippen LogP contribution in [-0.4, -0.2) is 19.1 Å². The van der Waals surface area contributed by atoms with Crippen molar-refractivity contribution in [3.8, 4) is 0 Å². The molecule has 18 heavy (non-hydrogen) atoms. The van der Waals surface area contributed by atoms with E-state index in [-0.39, 0.29) is 5.54 Å². The van der Waals surface area contributed by atoms with Gasteiger partial charge in [0.2, 0.25) is 0 Å². The zero-order valence-corrected chi connectivity index (χ0v) is 12.7. The lowest BCUT2D eigenvalue weighted by Gasteiger charge is -2.26. The largest absolute Gasteiger partial charge is 0.374 e. The van der Waals surface area contributed by atoms with E-state index < -0.39 is 0 Å². The van der Waals surface area contributed by atoms with Gasteiger partial charge in [-0.3, -0.25) is 0 Å². The topological polar surface area (TPSA) is 15.3 Å². The molecule has 0 aromatic heterocycles. The molecule has 1 rings (SSSR count).